The number of rotatable bonds is 4. The normalized spacial score (nSPS) is 24.0. The lowest BCUT2D eigenvalue weighted by Crippen LogP contribution is -2.51. The molecule has 0 bridgehead atoms. The van der Waals surface area contributed by atoms with E-state index >= 15 is 0 Å². The molecule has 1 saturated carbocycles. The molecule has 122 valence electrons. The van der Waals surface area contributed by atoms with Crippen molar-refractivity contribution in [3.8, 4) is 0 Å². The third-order valence-corrected chi connectivity index (χ3v) is 3.95. The molecule has 0 saturated heterocycles. The van der Waals surface area contributed by atoms with E-state index in [1.807, 2.05) is 0 Å². The highest BCUT2D eigenvalue weighted by Crippen LogP contribution is 2.41. The highest BCUT2D eigenvalue weighted by Gasteiger charge is 2.54. The summed E-state index contributed by atoms with van der Waals surface area (Å²) in [5.74, 6) is -0.881. The van der Waals surface area contributed by atoms with E-state index in [1.165, 1.54) is 0 Å². The Hall–Kier alpha value is -2.42. The minimum atomic E-state index is -3.18. The zero-order chi connectivity index (χ0) is 16.8. The van der Waals surface area contributed by atoms with Crippen molar-refractivity contribution < 1.29 is 23.6 Å². The fraction of sp³-hybridized carbons (Fsp3) is 0.429. The van der Waals surface area contributed by atoms with E-state index in [9.17, 15) is 28.8 Å². The minimum Gasteiger partial charge on any atom is -0.364 e. The summed E-state index contributed by atoms with van der Waals surface area (Å²) < 4.78 is 26.5. The number of halogens is 2. The van der Waals surface area contributed by atoms with E-state index in [1.54, 1.807) is 0 Å². The summed E-state index contributed by atoms with van der Waals surface area (Å²) in [4.78, 5) is 22.4. The van der Waals surface area contributed by atoms with Gasteiger partial charge in [0, 0.05) is 29.8 Å². The Morgan fingerprint density at radius 3 is 2.48 bits per heavy atom. The van der Waals surface area contributed by atoms with Gasteiger partial charge >= 0.3 is 0 Å². The number of hydrogen-bond donors (Lipinski definition) is 1. The van der Waals surface area contributed by atoms with Crippen molar-refractivity contribution >= 4 is 17.3 Å². The molecular formula is C14H13F2N3O4. The van der Waals surface area contributed by atoms with Crippen LogP contribution in [0.5, 0.6) is 0 Å². The summed E-state index contributed by atoms with van der Waals surface area (Å²) in [5, 5.41) is 25.1. The predicted molar refractivity (Wildman–Crippen MR) is 75.0 cm³/mol. The first-order valence-electron chi connectivity index (χ1n) is 7.00. The maximum atomic E-state index is 13.3. The second kappa shape index (κ2) is 5.34. The maximum absolute atomic E-state index is 13.3. The van der Waals surface area contributed by atoms with Gasteiger partial charge in [0.1, 0.15) is 0 Å². The first-order chi connectivity index (χ1) is 10.8. The molecule has 1 atom stereocenters. The highest BCUT2D eigenvalue weighted by molar-refractivity contribution is 5.99. The van der Waals surface area contributed by atoms with Gasteiger partial charge in [0.25, 0.3) is 18.0 Å². The van der Waals surface area contributed by atoms with Crippen LogP contribution >= 0.6 is 0 Å². The van der Waals surface area contributed by atoms with Crippen LogP contribution in [0.1, 0.15) is 29.6 Å². The van der Waals surface area contributed by atoms with Gasteiger partial charge in [-0.3, -0.25) is 14.9 Å². The van der Waals surface area contributed by atoms with Crippen molar-refractivity contribution in [3.63, 3.8) is 0 Å². The molecule has 1 aliphatic carbocycles. The van der Waals surface area contributed by atoms with Crippen molar-refractivity contribution in [1.29, 1.82) is 0 Å². The third-order valence-electron chi connectivity index (χ3n) is 3.95. The molecular weight excluding hydrogens is 312 g/mol. The number of non-ortho nitro benzene ring substituents is 1. The van der Waals surface area contributed by atoms with Gasteiger partial charge in [0.05, 0.1) is 4.92 Å². The Morgan fingerprint density at radius 1 is 1.39 bits per heavy atom. The third kappa shape index (κ3) is 2.67. The molecule has 0 radical (unpaired) electrons. The molecule has 1 fully saturated rings. The lowest BCUT2D eigenvalue weighted by atomic mass is 10.0. The van der Waals surface area contributed by atoms with Crippen molar-refractivity contribution in [3.05, 3.63) is 39.9 Å². The Labute approximate surface area is 129 Å². The molecule has 0 unspecified atom stereocenters. The van der Waals surface area contributed by atoms with Crippen LogP contribution in [0.4, 0.5) is 14.5 Å². The average molecular weight is 325 g/mol. The van der Waals surface area contributed by atoms with Gasteiger partial charge in [-0.05, 0) is 30.9 Å². The molecule has 7 nitrogen and oxygen atoms in total. The molecule has 3 rings (SSSR count). The van der Waals surface area contributed by atoms with Gasteiger partial charge < -0.3 is 5.11 Å². The second-order valence-corrected chi connectivity index (χ2v) is 5.64. The van der Waals surface area contributed by atoms with Crippen LogP contribution in [0.3, 0.4) is 0 Å². The van der Waals surface area contributed by atoms with Crippen molar-refractivity contribution in [2.24, 2.45) is 11.0 Å². The molecule has 1 aromatic carbocycles. The fourth-order valence-electron chi connectivity index (χ4n) is 2.47. The number of amides is 1. The van der Waals surface area contributed by atoms with Gasteiger partial charge in [0.15, 0.2) is 0 Å². The maximum Gasteiger partial charge on any atom is 0.287 e. The molecule has 23 heavy (non-hydrogen) atoms. The number of carbonyl (C=O) groups excluding carboxylic acids is 1. The van der Waals surface area contributed by atoms with E-state index in [4.69, 9.17) is 0 Å². The van der Waals surface area contributed by atoms with Crippen LogP contribution in [0, 0.1) is 16.0 Å². The summed E-state index contributed by atoms with van der Waals surface area (Å²) in [7, 11) is 0. The van der Waals surface area contributed by atoms with Crippen molar-refractivity contribution in [2.75, 3.05) is 0 Å². The van der Waals surface area contributed by atoms with E-state index in [2.05, 4.69) is 5.10 Å². The monoisotopic (exact) mass is 325 g/mol. The molecule has 0 spiro atoms. The van der Waals surface area contributed by atoms with Gasteiger partial charge in [-0.25, -0.2) is 8.78 Å². The molecule has 2 aliphatic rings. The molecule has 1 amide bonds. The number of carbonyl (C=O) groups is 1. The van der Waals surface area contributed by atoms with Crippen LogP contribution in [0.25, 0.3) is 0 Å². The van der Waals surface area contributed by atoms with Gasteiger partial charge in [0.2, 0.25) is 5.72 Å². The number of aliphatic hydroxyl groups is 1. The summed E-state index contributed by atoms with van der Waals surface area (Å²) in [6.07, 6.45) is -1.95. The van der Waals surface area contributed by atoms with Crippen molar-refractivity contribution in [2.45, 2.75) is 31.4 Å². The quantitative estimate of drug-likeness (QED) is 0.678. The van der Waals surface area contributed by atoms with Crippen LogP contribution in [0.15, 0.2) is 29.4 Å². The standard InChI is InChI=1S/C14H13F2N3O4/c15-13(16)14(21)7-11(8-1-2-8)17-18(14)12(20)9-3-5-10(6-4-9)19(22)23/h3-6,8,13,21H,1-2,7H2/t14-/m0/s1. The fourth-order valence-corrected chi connectivity index (χ4v) is 2.47. The van der Waals surface area contributed by atoms with Crippen LogP contribution in [-0.2, 0) is 0 Å². The number of nitrogens with zero attached hydrogens (tertiary/aromatic N) is 3. The average Bonchev–Trinajstić information content (AvgIpc) is 3.30. The van der Waals surface area contributed by atoms with E-state index in [0.717, 1.165) is 37.1 Å². The summed E-state index contributed by atoms with van der Waals surface area (Å²) in [5.41, 5.74) is -2.57. The first kappa shape index (κ1) is 15.5. The molecule has 1 heterocycles. The van der Waals surface area contributed by atoms with Gasteiger partial charge in [-0.1, -0.05) is 0 Å². The SMILES string of the molecule is O=C(c1ccc([N+](=O)[O-])cc1)N1N=C(C2CC2)C[C@]1(O)C(F)F. The summed E-state index contributed by atoms with van der Waals surface area (Å²) in [6.45, 7) is 0. The number of benzene rings is 1. The Bertz CT molecular complexity index is 688. The highest BCUT2D eigenvalue weighted by atomic mass is 19.3. The van der Waals surface area contributed by atoms with Crippen LogP contribution in [0.2, 0.25) is 0 Å². The van der Waals surface area contributed by atoms with Crippen molar-refractivity contribution in [1.82, 2.24) is 5.01 Å². The van der Waals surface area contributed by atoms with E-state index < -0.39 is 23.0 Å². The Morgan fingerprint density at radius 2 is 2.00 bits per heavy atom. The first-order valence-corrected chi connectivity index (χ1v) is 7.00. The number of nitro groups is 1. The summed E-state index contributed by atoms with van der Waals surface area (Å²) in [6, 6.07) is 4.49. The molecule has 9 heteroatoms. The Balaban J connectivity index is 1.90. The molecule has 1 aliphatic heterocycles. The van der Waals surface area contributed by atoms with E-state index in [-0.39, 0.29) is 23.6 Å². The largest absolute Gasteiger partial charge is 0.364 e. The zero-order valence-electron chi connectivity index (χ0n) is 11.9. The zero-order valence-corrected chi connectivity index (χ0v) is 11.9. The molecule has 1 aromatic rings. The number of hydrogen-bond acceptors (Lipinski definition) is 5. The molecule has 1 N–H and O–H groups in total. The summed E-state index contributed by atoms with van der Waals surface area (Å²) >= 11 is 0. The smallest absolute Gasteiger partial charge is 0.287 e. The molecule has 0 aromatic heterocycles. The van der Waals surface area contributed by atoms with E-state index in [0.29, 0.717) is 10.7 Å². The van der Waals surface area contributed by atoms with Gasteiger partial charge in [-0.2, -0.15) is 10.1 Å². The Kier molecular flexibility index (Phi) is 3.59. The number of nitro benzene ring substituents is 1. The lowest BCUT2D eigenvalue weighted by molar-refractivity contribution is -0.384. The van der Waals surface area contributed by atoms with Gasteiger partial charge in [-0.15, -0.1) is 0 Å². The topological polar surface area (TPSA) is 96.0 Å². The second-order valence-electron chi connectivity index (χ2n) is 5.64. The van der Waals surface area contributed by atoms with Crippen LogP contribution < -0.4 is 0 Å². The number of alkyl halides is 2. The number of hydrazone groups is 1. The lowest BCUT2D eigenvalue weighted by Gasteiger charge is -2.30. The minimum absolute atomic E-state index is 0.0370. The van der Waals surface area contributed by atoms with Crippen LogP contribution in [-0.4, -0.2) is 38.8 Å². The predicted octanol–water partition coefficient (Wildman–Crippen LogP) is 2.16.